The normalized spacial score (nSPS) is 24.4. The van der Waals surface area contributed by atoms with Gasteiger partial charge in [0.25, 0.3) is 0 Å². The molecule has 0 atom stereocenters. The van der Waals surface area contributed by atoms with Gasteiger partial charge in [0.15, 0.2) is 0 Å². The van der Waals surface area contributed by atoms with Gasteiger partial charge in [-0.1, -0.05) is 19.8 Å². The van der Waals surface area contributed by atoms with Crippen LogP contribution in [0.4, 0.5) is 11.6 Å². The first-order valence-corrected chi connectivity index (χ1v) is 6.51. The summed E-state index contributed by atoms with van der Waals surface area (Å²) >= 11 is 0. The first-order valence-electron chi connectivity index (χ1n) is 6.51. The van der Waals surface area contributed by atoms with Crippen LogP contribution in [-0.2, 0) is 0 Å². The molecule has 0 bridgehead atoms. The van der Waals surface area contributed by atoms with Crippen molar-refractivity contribution in [3.05, 3.63) is 12.4 Å². The summed E-state index contributed by atoms with van der Waals surface area (Å²) in [5.41, 5.74) is 0. The quantitative estimate of drug-likeness (QED) is 0.841. The molecule has 0 radical (unpaired) electrons. The standard InChI is InChI=1S/C13H22N4/c1-10-3-5-11(6-4-10)8-15-13-7-12(14-2)16-9-17-13/h7,9-11H,3-6,8H2,1-2H3,(H2,14,15,16,17). The molecule has 94 valence electrons. The number of rotatable bonds is 4. The number of nitrogens with zero attached hydrogens (tertiary/aromatic N) is 2. The van der Waals surface area contributed by atoms with E-state index in [2.05, 4.69) is 27.5 Å². The molecule has 1 aromatic rings. The van der Waals surface area contributed by atoms with Crippen LogP contribution >= 0.6 is 0 Å². The van der Waals surface area contributed by atoms with Crippen LogP contribution in [0.3, 0.4) is 0 Å². The van der Waals surface area contributed by atoms with Gasteiger partial charge < -0.3 is 10.6 Å². The van der Waals surface area contributed by atoms with Crippen molar-refractivity contribution in [3.8, 4) is 0 Å². The van der Waals surface area contributed by atoms with Crippen LogP contribution in [-0.4, -0.2) is 23.6 Å². The van der Waals surface area contributed by atoms with Gasteiger partial charge in [0.05, 0.1) is 0 Å². The van der Waals surface area contributed by atoms with Crippen molar-refractivity contribution >= 4 is 11.6 Å². The highest BCUT2D eigenvalue weighted by Gasteiger charge is 2.17. The smallest absolute Gasteiger partial charge is 0.131 e. The molecule has 0 unspecified atom stereocenters. The second kappa shape index (κ2) is 5.84. The Morgan fingerprint density at radius 2 is 1.88 bits per heavy atom. The summed E-state index contributed by atoms with van der Waals surface area (Å²) in [6.07, 6.45) is 7.03. The van der Waals surface area contributed by atoms with E-state index in [-0.39, 0.29) is 0 Å². The highest BCUT2D eigenvalue weighted by molar-refractivity contribution is 5.45. The number of hydrogen-bond acceptors (Lipinski definition) is 4. The van der Waals surface area contributed by atoms with Gasteiger partial charge in [-0.15, -0.1) is 0 Å². The Morgan fingerprint density at radius 3 is 2.59 bits per heavy atom. The van der Waals surface area contributed by atoms with E-state index < -0.39 is 0 Å². The lowest BCUT2D eigenvalue weighted by Gasteiger charge is -2.26. The minimum absolute atomic E-state index is 0.805. The summed E-state index contributed by atoms with van der Waals surface area (Å²) < 4.78 is 0. The SMILES string of the molecule is CNc1cc(NCC2CCC(C)CC2)ncn1. The number of nitrogens with one attached hydrogen (secondary N) is 2. The zero-order valence-electron chi connectivity index (χ0n) is 10.7. The van der Waals surface area contributed by atoms with E-state index in [1.807, 2.05) is 13.1 Å². The van der Waals surface area contributed by atoms with E-state index in [1.54, 1.807) is 6.33 Å². The van der Waals surface area contributed by atoms with E-state index in [4.69, 9.17) is 0 Å². The fourth-order valence-corrected chi connectivity index (χ4v) is 2.37. The van der Waals surface area contributed by atoms with Crippen LogP contribution in [0.15, 0.2) is 12.4 Å². The van der Waals surface area contributed by atoms with E-state index >= 15 is 0 Å². The first kappa shape index (κ1) is 12.1. The van der Waals surface area contributed by atoms with E-state index in [1.165, 1.54) is 25.7 Å². The van der Waals surface area contributed by atoms with E-state index in [0.717, 1.165) is 30.0 Å². The van der Waals surface area contributed by atoms with Crippen molar-refractivity contribution in [3.63, 3.8) is 0 Å². The summed E-state index contributed by atoms with van der Waals surface area (Å²) in [5, 5.41) is 6.43. The number of aromatic nitrogens is 2. The van der Waals surface area contributed by atoms with Crippen molar-refractivity contribution in [1.82, 2.24) is 9.97 Å². The molecule has 17 heavy (non-hydrogen) atoms. The van der Waals surface area contributed by atoms with Gasteiger partial charge >= 0.3 is 0 Å². The third-order valence-electron chi connectivity index (χ3n) is 3.63. The molecule has 1 saturated carbocycles. The minimum atomic E-state index is 0.805. The van der Waals surface area contributed by atoms with E-state index in [9.17, 15) is 0 Å². The second-order valence-corrected chi connectivity index (χ2v) is 5.05. The Kier molecular flexibility index (Phi) is 4.18. The molecule has 0 amide bonds. The average molecular weight is 234 g/mol. The van der Waals surface area contributed by atoms with Gasteiger partial charge in [-0.25, -0.2) is 9.97 Å². The molecule has 2 rings (SSSR count). The third-order valence-corrected chi connectivity index (χ3v) is 3.63. The first-order chi connectivity index (χ1) is 8.28. The molecule has 0 aliphatic heterocycles. The topological polar surface area (TPSA) is 49.8 Å². The van der Waals surface area contributed by atoms with Gasteiger partial charge in [-0.2, -0.15) is 0 Å². The van der Waals surface area contributed by atoms with Crippen molar-refractivity contribution in [2.24, 2.45) is 11.8 Å². The van der Waals surface area contributed by atoms with E-state index in [0.29, 0.717) is 0 Å². The highest BCUT2D eigenvalue weighted by Crippen LogP contribution is 2.28. The zero-order chi connectivity index (χ0) is 12.1. The lowest BCUT2D eigenvalue weighted by molar-refractivity contribution is 0.300. The van der Waals surface area contributed by atoms with Gasteiger partial charge in [0, 0.05) is 19.7 Å². The van der Waals surface area contributed by atoms with Crippen LogP contribution in [0.5, 0.6) is 0 Å². The van der Waals surface area contributed by atoms with Crippen LogP contribution in [0.25, 0.3) is 0 Å². The summed E-state index contributed by atoms with van der Waals surface area (Å²) in [4.78, 5) is 8.32. The van der Waals surface area contributed by atoms with Crippen LogP contribution in [0.1, 0.15) is 32.6 Å². The molecular weight excluding hydrogens is 212 g/mol. The number of anilines is 2. The van der Waals surface area contributed by atoms with Gasteiger partial charge in [-0.05, 0) is 24.7 Å². The Hall–Kier alpha value is -1.32. The summed E-state index contributed by atoms with van der Waals surface area (Å²) in [7, 11) is 1.87. The molecule has 0 saturated heterocycles. The van der Waals surface area contributed by atoms with Gasteiger partial charge in [0.2, 0.25) is 0 Å². The van der Waals surface area contributed by atoms with Crippen molar-refractivity contribution in [1.29, 1.82) is 0 Å². The molecule has 0 aromatic carbocycles. The maximum atomic E-state index is 4.22. The lowest BCUT2D eigenvalue weighted by Crippen LogP contribution is -2.20. The second-order valence-electron chi connectivity index (χ2n) is 5.05. The maximum absolute atomic E-state index is 4.22. The molecule has 4 nitrogen and oxygen atoms in total. The molecule has 0 spiro atoms. The largest absolute Gasteiger partial charge is 0.373 e. The molecule has 1 aliphatic rings. The average Bonchev–Trinajstić information content (AvgIpc) is 2.38. The predicted octanol–water partition coefficient (Wildman–Crippen LogP) is 2.76. The minimum Gasteiger partial charge on any atom is -0.373 e. The van der Waals surface area contributed by atoms with Crippen molar-refractivity contribution in [2.75, 3.05) is 24.2 Å². The summed E-state index contributed by atoms with van der Waals surface area (Å²) in [6.45, 7) is 3.39. The molecule has 1 aliphatic carbocycles. The predicted molar refractivity (Wildman–Crippen MR) is 71.2 cm³/mol. The summed E-state index contributed by atoms with van der Waals surface area (Å²) in [6, 6.07) is 1.95. The molecular formula is C13H22N4. The van der Waals surface area contributed by atoms with Crippen molar-refractivity contribution < 1.29 is 0 Å². The molecule has 2 N–H and O–H groups in total. The Balaban J connectivity index is 1.81. The van der Waals surface area contributed by atoms with Gasteiger partial charge in [-0.3, -0.25) is 0 Å². The zero-order valence-corrected chi connectivity index (χ0v) is 10.7. The molecule has 4 heteroatoms. The van der Waals surface area contributed by atoms with Crippen molar-refractivity contribution in [2.45, 2.75) is 32.6 Å². The highest BCUT2D eigenvalue weighted by atomic mass is 15.1. The Morgan fingerprint density at radius 1 is 1.18 bits per heavy atom. The Bertz CT molecular complexity index is 345. The van der Waals surface area contributed by atoms with Crippen LogP contribution in [0.2, 0.25) is 0 Å². The fraction of sp³-hybridized carbons (Fsp3) is 0.692. The van der Waals surface area contributed by atoms with Crippen LogP contribution in [0, 0.1) is 11.8 Å². The fourth-order valence-electron chi connectivity index (χ4n) is 2.37. The monoisotopic (exact) mass is 234 g/mol. The number of hydrogen-bond donors (Lipinski definition) is 2. The maximum Gasteiger partial charge on any atom is 0.131 e. The van der Waals surface area contributed by atoms with Gasteiger partial charge in [0.1, 0.15) is 18.0 Å². The Labute approximate surface area is 103 Å². The lowest BCUT2D eigenvalue weighted by atomic mass is 9.83. The molecule has 1 aromatic heterocycles. The van der Waals surface area contributed by atoms with Crippen LogP contribution < -0.4 is 10.6 Å². The summed E-state index contributed by atoms with van der Waals surface area (Å²) in [5.74, 6) is 3.50. The molecule has 1 fully saturated rings. The molecule has 1 heterocycles. The third kappa shape index (κ3) is 3.58.